The molecule has 0 spiro atoms. The van der Waals surface area contributed by atoms with E-state index in [0.717, 1.165) is 59.8 Å². The summed E-state index contributed by atoms with van der Waals surface area (Å²) in [6.45, 7) is 6.19. The van der Waals surface area contributed by atoms with Gasteiger partial charge in [-0.05, 0) is 56.0 Å². The molecule has 30 heavy (non-hydrogen) atoms. The van der Waals surface area contributed by atoms with E-state index in [-0.39, 0.29) is 11.8 Å². The smallest absolute Gasteiger partial charge is 0.226 e. The summed E-state index contributed by atoms with van der Waals surface area (Å²) in [5.41, 5.74) is 4.21. The van der Waals surface area contributed by atoms with E-state index < -0.39 is 0 Å². The molecule has 0 unspecified atom stereocenters. The Bertz CT molecular complexity index is 1060. The van der Waals surface area contributed by atoms with Crippen LogP contribution in [-0.2, 0) is 11.3 Å². The van der Waals surface area contributed by atoms with Crippen molar-refractivity contribution in [3.05, 3.63) is 59.3 Å². The molecule has 0 radical (unpaired) electrons. The molecule has 156 valence electrons. The van der Waals surface area contributed by atoms with Crippen LogP contribution in [0.25, 0.3) is 10.9 Å². The van der Waals surface area contributed by atoms with Gasteiger partial charge in [-0.1, -0.05) is 24.3 Å². The predicted octanol–water partition coefficient (Wildman–Crippen LogP) is 3.79. The molecule has 0 atom stereocenters. The standard InChI is InChI=1S/C24H28N4O2/c1-16-7-8-21-17(2)26-24(27-22(21)13-16)28-11-9-19(10-12-28)23(29)25-15-18-5-4-6-20(14-18)30-3/h4-8,13-14,19H,9-12,15H2,1-3H3,(H,25,29). The first-order chi connectivity index (χ1) is 14.5. The molecule has 1 aliphatic rings. The minimum absolute atomic E-state index is 0.0238. The van der Waals surface area contributed by atoms with E-state index >= 15 is 0 Å². The van der Waals surface area contributed by atoms with Gasteiger partial charge in [-0.15, -0.1) is 0 Å². The highest BCUT2D eigenvalue weighted by molar-refractivity contribution is 5.82. The number of carbonyl (C=O) groups excluding carboxylic acids is 1. The Morgan fingerprint density at radius 3 is 2.70 bits per heavy atom. The van der Waals surface area contributed by atoms with Gasteiger partial charge in [-0.3, -0.25) is 4.79 Å². The molecule has 1 aromatic heterocycles. The number of aryl methyl sites for hydroxylation is 2. The Morgan fingerprint density at radius 1 is 1.13 bits per heavy atom. The van der Waals surface area contributed by atoms with Crippen LogP contribution in [0.2, 0.25) is 0 Å². The van der Waals surface area contributed by atoms with E-state index in [1.54, 1.807) is 7.11 Å². The van der Waals surface area contributed by atoms with Gasteiger partial charge in [0.05, 0.1) is 18.3 Å². The lowest BCUT2D eigenvalue weighted by Crippen LogP contribution is -2.41. The Hall–Kier alpha value is -3.15. The highest BCUT2D eigenvalue weighted by Gasteiger charge is 2.26. The molecule has 2 aromatic carbocycles. The lowest BCUT2D eigenvalue weighted by atomic mass is 9.96. The van der Waals surface area contributed by atoms with Gasteiger partial charge >= 0.3 is 0 Å². The van der Waals surface area contributed by atoms with E-state index in [9.17, 15) is 4.79 Å². The van der Waals surface area contributed by atoms with E-state index in [4.69, 9.17) is 14.7 Å². The maximum Gasteiger partial charge on any atom is 0.226 e. The minimum Gasteiger partial charge on any atom is -0.497 e. The van der Waals surface area contributed by atoms with Crippen LogP contribution in [0.4, 0.5) is 5.95 Å². The van der Waals surface area contributed by atoms with E-state index in [1.807, 2.05) is 31.2 Å². The fourth-order valence-corrected chi connectivity index (χ4v) is 3.98. The highest BCUT2D eigenvalue weighted by atomic mass is 16.5. The van der Waals surface area contributed by atoms with Crippen molar-refractivity contribution in [2.75, 3.05) is 25.1 Å². The molecule has 4 rings (SSSR count). The van der Waals surface area contributed by atoms with Crippen molar-refractivity contribution in [1.29, 1.82) is 0 Å². The molecule has 1 aliphatic heterocycles. The topological polar surface area (TPSA) is 67.3 Å². The van der Waals surface area contributed by atoms with E-state index in [2.05, 4.69) is 35.3 Å². The van der Waals surface area contributed by atoms with Crippen molar-refractivity contribution < 1.29 is 9.53 Å². The van der Waals surface area contributed by atoms with Gasteiger partial charge in [0.25, 0.3) is 0 Å². The van der Waals surface area contributed by atoms with Gasteiger partial charge in [0, 0.05) is 30.9 Å². The molecule has 6 nitrogen and oxygen atoms in total. The first-order valence-electron chi connectivity index (χ1n) is 10.4. The van der Waals surface area contributed by atoms with Crippen LogP contribution in [0.5, 0.6) is 5.75 Å². The third-order valence-electron chi connectivity index (χ3n) is 5.78. The summed E-state index contributed by atoms with van der Waals surface area (Å²) in [7, 11) is 1.65. The molecule has 1 N–H and O–H groups in total. The number of benzene rings is 2. The van der Waals surface area contributed by atoms with Crippen molar-refractivity contribution in [2.45, 2.75) is 33.2 Å². The Morgan fingerprint density at radius 2 is 1.93 bits per heavy atom. The zero-order chi connectivity index (χ0) is 21.1. The number of rotatable bonds is 5. The largest absolute Gasteiger partial charge is 0.497 e. The molecule has 1 saturated heterocycles. The average Bonchev–Trinajstić information content (AvgIpc) is 2.77. The second kappa shape index (κ2) is 8.69. The van der Waals surface area contributed by atoms with Crippen LogP contribution < -0.4 is 15.0 Å². The lowest BCUT2D eigenvalue weighted by molar-refractivity contribution is -0.125. The normalized spacial score (nSPS) is 14.7. The van der Waals surface area contributed by atoms with Gasteiger partial charge < -0.3 is 15.0 Å². The molecule has 1 amide bonds. The van der Waals surface area contributed by atoms with Crippen molar-refractivity contribution in [3.8, 4) is 5.75 Å². The number of ether oxygens (including phenoxy) is 1. The number of anilines is 1. The number of methoxy groups -OCH3 is 1. The summed E-state index contributed by atoms with van der Waals surface area (Å²) in [5, 5.41) is 4.16. The zero-order valence-electron chi connectivity index (χ0n) is 17.8. The number of hydrogen-bond donors (Lipinski definition) is 1. The highest BCUT2D eigenvalue weighted by Crippen LogP contribution is 2.25. The van der Waals surface area contributed by atoms with Crippen LogP contribution in [-0.4, -0.2) is 36.1 Å². The van der Waals surface area contributed by atoms with Gasteiger partial charge in [-0.2, -0.15) is 0 Å². The Balaban J connectivity index is 1.36. The first-order valence-corrected chi connectivity index (χ1v) is 10.4. The number of hydrogen-bond acceptors (Lipinski definition) is 5. The third-order valence-corrected chi connectivity index (χ3v) is 5.78. The minimum atomic E-state index is 0.0238. The molecule has 1 fully saturated rings. The van der Waals surface area contributed by atoms with Gasteiger partial charge in [0.1, 0.15) is 5.75 Å². The maximum atomic E-state index is 12.6. The number of amides is 1. The Labute approximate surface area is 177 Å². The van der Waals surface area contributed by atoms with E-state index in [1.165, 1.54) is 5.56 Å². The molecule has 2 heterocycles. The summed E-state index contributed by atoms with van der Waals surface area (Å²) in [6, 6.07) is 14.1. The molecule has 0 aliphatic carbocycles. The molecular weight excluding hydrogens is 376 g/mol. The fraction of sp³-hybridized carbons (Fsp3) is 0.375. The van der Waals surface area contributed by atoms with E-state index in [0.29, 0.717) is 6.54 Å². The second-order valence-corrected chi connectivity index (χ2v) is 7.96. The molecule has 3 aromatic rings. The third kappa shape index (κ3) is 4.37. The van der Waals surface area contributed by atoms with Crippen LogP contribution >= 0.6 is 0 Å². The average molecular weight is 405 g/mol. The van der Waals surface area contributed by atoms with Crippen molar-refractivity contribution in [2.24, 2.45) is 5.92 Å². The van der Waals surface area contributed by atoms with Gasteiger partial charge in [0.2, 0.25) is 11.9 Å². The SMILES string of the molecule is COc1cccc(CNC(=O)C2CCN(c3nc(C)c4ccc(C)cc4n3)CC2)c1. The van der Waals surface area contributed by atoms with Crippen LogP contribution in [0.3, 0.4) is 0 Å². The number of aromatic nitrogens is 2. The van der Waals surface area contributed by atoms with Crippen LogP contribution in [0.1, 0.15) is 29.7 Å². The van der Waals surface area contributed by atoms with Crippen LogP contribution in [0, 0.1) is 19.8 Å². The molecule has 0 bridgehead atoms. The van der Waals surface area contributed by atoms with Gasteiger partial charge in [0.15, 0.2) is 0 Å². The molecule has 0 saturated carbocycles. The monoisotopic (exact) mass is 404 g/mol. The molecular formula is C24H28N4O2. The van der Waals surface area contributed by atoms with Crippen LogP contribution in [0.15, 0.2) is 42.5 Å². The summed E-state index contributed by atoms with van der Waals surface area (Å²) in [4.78, 5) is 24.3. The van der Waals surface area contributed by atoms with Crippen molar-refractivity contribution in [1.82, 2.24) is 15.3 Å². The summed E-state index contributed by atoms with van der Waals surface area (Å²) in [6.07, 6.45) is 1.61. The van der Waals surface area contributed by atoms with Gasteiger partial charge in [-0.25, -0.2) is 9.97 Å². The number of nitrogens with zero attached hydrogens (tertiary/aromatic N) is 3. The van der Waals surface area contributed by atoms with Crippen molar-refractivity contribution >= 4 is 22.8 Å². The first kappa shape index (κ1) is 20.1. The quantitative estimate of drug-likeness (QED) is 0.701. The number of fused-ring (bicyclic) bond motifs is 1. The maximum absolute atomic E-state index is 12.6. The second-order valence-electron chi connectivity index (χ2n) is 7.96. The summed E-state index contributed by atoms with van der Waals surface area (Å²) >= 11 is 0. The number of nitrogens with one attached hydrogen (secondary N) is 1. The number of carbonyl (C=O) groups is 1. The number of piperidine rings is 1. The lowest BCUT2D eigenvalue weighted by Gasteiger charge is -2.31. The molecule has 6 heteroatoms. The summed E-state index contributed by atoms with van der Waals surface area (Å²) < 4.78 is 5.24. The zero-order valence-corrected chi connectivity index (χ0v) is 17.8. The predicted molar refractivity (Wildman–Crippen MR) is 119 cm³/mol. The fourth-order valence-electron chi connectivity index (χ4n) is 3.98. The summed E-state index contributed by atoms with van der Waals surface area (Å²) in [5.74, 6) is 1.70. The Kier molecular flexibility index (Phi) is 5.84. The van der Waals surface area contributed by atoms with Crippen molar-refractivity contribution in [3.63, 3.8) is 0 Å².